The number of fused-ring (bicyclic) bond motifs is 4. The van der Waals surface area contributed by atoms with Crippen LogP contribution < -0.4 is 51.2 Å². The predicted octanol–water partition coefficient (Wildman–Crippen LogP) is 9.40. The van der Waals surface area contributed by atoms with E-state index in [9.17, 15) is 30.8 Å². The van der Waals surface area contributed by atoms with Crippen LogP contribution in [0.2, 0.25) is 0 Å². The van der Waals surface area contributed by atoms with Gasteiger partial charge in [-0.05, 0) is 151 Å². The summed E-state index contributed by atoms with van der Waals surface area (Å²) in [5, 5.41) is 98.3. The van der Waals surface area contributed by atoms with E-state index < -0.39 is 5.54 Å². The van der Waals surface area contributed by atoms with E-state index in [2.05, 4.69) is 146 Å². The van der Waals surface area contributed by atoms with Gasteiger partial charge in [-0.3, -0.25) is 9.97 Å². The van der Waals surface area contributed by atoms with Crippen molar-refractivity contribution in [3.8, 4) is 0 Å². The summed E-state index contributed by atoms with van der Waals surface area (Å²) >= 11 is 14.0. The molecule has 12 aromatic heterocycles. The van der Waals surface area contributed by atoms with Crippen LogP contribution >= 0.6 is 63.7 Å². The van der Waals surface area contributed by atoms with E-state index in [0.29, 0.717) is 60.8 Å². The first kappa shape index (κ1) is 74.0. The number of aliphatic hydroxyl groups is 4. The molecule has 0 aliphatic carbocycles. The molecular weight excluding hydrogens is 1570 g/mol. The number of nitrogens with zero attached hydrogens (tertiary/aromatic N) is 18. The van der Waals surface area contributed by atoms with Crippen LogP contribution in [0.1, 0.15) is 82.1 Å². The van der Waals surface area contributed by atoms with Crippen molar-refractivity contribution >= 4 is 133 Å². The molecule has 2 fully saturated rings. The molecule has 0 saturated carbocycles. The molecule has 0 amide bonds. The Hall–Kier alpha value is -9.16. The molecule has 2 saturated heterocycles. The van der Waals surface area contributed by atoms with Crippen molar-refractivity contribution in [2.24, 2.45) is 5.92 Å². The zero-order chi connectivity index (χ0) is 71.9. The Morgan fingerprint density at radius 2 is 0.951 bits per heavy atom. The Bertz CT molecular complexity index is 4720. The largest absolute Gasteiger partial charge is 0.619 e. The van der Waals surface area contributed by atoms with E-state index in [1.807, 2.05) is 101 Å². The highest BCUT2D eigenvalue weighted by atomic mass is 79.9. The van der Waals surface area contributed by atoms with E-state index in [-0.39, 0.29) is 44.4 Å². The summed E-state index contributed by atoms with van der Waals surface area (Å²) in [7, 11) is 0. The molecule has 14 heterocycles. The Morgan fingerprint density at radius 1 is 0.539 bits per heavy atom. The number of anilines is 8. The first-order valence-electron chi connectivity index (χ1n) is 33.1. The normalized spacial score (nSPS) is 14.7. The highest BCUT2D eigenvalue weighted by Gasteiger charge is 2.29. The fraction of sp³-hybridized carbons (Fsp3) is 0.353. The van der Waals surface area contributed by atoms with Gasteiger partial charge in [-0.2, -0.15) is 47.9 Å². The van der Waals surface area contributed by atoms with Gasteiger partial charge >= 0.3 is 0 Å². The van der Waals surface area contributed by atoms with Gasteiger partial charge in [0.05, 0.1) is 80.1 Å². The summed E-state index contributed by atoms with van der Waals surface area (Å²) in [6.07, 6.45) is 25.0. The second kappa shape index (κ2) is 34.7. The molecule has 536 valence electrons. The van der Waals surface area contributed by atoms with Crippen LogP contribution in [0, 0.1) is 16.3 Å². The average Bonchev–Trinajstić information content (AvgIpc) is 1.68. The lowest BCUT2D eigenvalue weighted by molar-refractivity contribution is -0.606. The molecule has 0 unspecified atom stereocenters. The van der Waals surface area contributed by atoms with Crippen LogP contribution in [-0.4, -0.2) is 152 Å². The number of aromatic nitrogens is 16. The van der Waals surface area contributed by atoms with Gasteiger partial charge in [0, 0.05) is 124 Å². The highest BCUT2D eigenvalue weighted by Crippen LogP contribution is 2.33. The molecule has 2 aliphatic heterocycles. The molecule has 0 bridgehead atoms. The smallest absolute Gasteiger partial charge is 0.185 e. The minimum atomic E-state index is -0.474. The number of rotatable bonds is 24. The molecule has 2 aliphatic rings. The summed E-state index contributed by atoms with van der Waals surface area (Å²) in [6.45, 7) is 12.3. The molecule has 0 spiro atoms. The SMILES string of the molecule is CC(C)(CO)Nc1cc(NCc2cccnc2)n2ncc(Br)c2n1.CC(C)[C@H](CO)Nc1cc(NCc2ccc[n+]([O-])c2)n2ncc(Br)c2n1.OCC[C@@H]1CCCN1c1cc(NCc2cccnc2)n2ncc(Br)c2n1.[O-][n+]1cccc(CNc2cc(N3CCC[C@H]3CO)nc3c(Br)cnn23)c1. The molecule has 14 rings (SSSR count). The van der Waals surface area contributed by atoms with Crippen LogP contribution in [0.3, 0.4) is 0 Å². The summed E-state index contributed by atoms with van der Waals surface area (Å²) in [4.78, 5) is 31.4. The second-order valence-electron chi connectivity index (χ2n) is 25.3. The van der Waals surface area contributed by atoms with Gasteiger partial charge in [0.25, 0.3) is 0 Å². The summed E-state index contributed by atoms with van der Waals surface area (Å²) in [6, 6.07) is 23.1. The maximum atomic E-state index is 11.4. The highest BCUT2D eigenvalue weighted by molar-refractivity contribution is 9.11. The standard InChI is InChI=1S/C18H21BrN6O.C17H19BrN6O2.C17H21BrN6O2.C16H19BrN6O/c19-15-12-22-25-16(21-11-13-3-1-6-20-10-13)9-17(23-18(15)25)24-7-2-4-14(24)5-8-26;18-14-9-20-24-15(19-8-12-3-1-5-22(26)10-12)7-16(21-17(14)24)23-6-2-4-13(23)11-25;1-11(2)14(10-25)21-15-6-16(24-17(22-15)13(18)8-20-24)19-7-12-4-3-5-23(26)9-12;1-16(2,10-24)22-13-6-14(19-8-11-4-3-5-18-7-11)23-15(21-13)12(17)9-20-23/h1,3,6,9-10,12,14,21,26H,2,4-5,7-8,11H2;1,3,5,7,9-10,13,19,25H,2,4,6,8,11H2;3-6,8-9,11,14,19,25H,7,10H2,1-2H3,(H,21,22);3-7,9,19,24H,8,10H2,1-2H3,(H,21,22)/t14-;13-;14-;/m000./s1. The summed E-state index contributed by atoms with van der Waals surface area (Å²) < 4.78 is 11.7. The van der Waals surface area contributed by atoms with Crippen LogP contribution in [0.15, 0.2) is 165 Å². The average molecular weight is 1650 g/mol. The van der Waals surface area contributed by atoms with Crippen LogP contribution in [-0.2, 0) is 26.2 Å². The quantitative estimate of drug-likeness (QED) is 0.0199. The zero-order valence-electron chi connectivity index (χ0n) is 56.4. The Labute approximate surface area is 621 Å². The van der Waals surface area contributed by atoms with Crippen molar-refractivity contribution < 1.29 is 29.9 Å². The van der Waals surface area contributed by atoms with Crippen molar-refractivity contribution in [3.05, 3.63) is 198 Å². The number of halogens is 4. The molecule has 3 atom stereocenters. The van der Waals surface area contributed by atoms with Crippen molar-refractivity contribution in [2.75, 3.05) is 81.2 Å². The van der Waals surface area contributed by atoms with Gasteiger partial charge in [-0.1, -0.05) is 26.0 Å². The number of hydrogen-bond donors (Lipinski definition) is 10. The third-order valence-corrected chi connectivity index (χ3v) is 19.2. The number of nitrogens with one attached hydrogen (secondary N) is 6. The van der Waals surface area contributed by atoms with E-state index >= 15 is 0 Å². The number of pyridine rings is 4. The van der Waals surface area contributed by atoms with Crippen LogP contribution in [0.5, 0.6) is 0 Å². The minimum Gasteiger partial charge on any atom is -0.619 e. The lowest BCUT2D eigenvalue weighted by Gasteiger charge is -2.26. The van der Waals surface area contributed by atoms with Gasteiger partial charge in [0.1, 0.15) is 46.5 Å². The van der Waals surface area contributed by atoms with E-state index in [1.54, 1.807) is 67.4 Å². The molecule has 10 N–H and O–H groups in total. The third kappa shape index (κ3) is 18.7. The lowest BCUT2D eigenvalue weighted by Crippen LogP contribution is -2.35. The molecule has 30 nitrogen and oxygen atoms in total. The van der Waals surface area contributed by atoms with Gasteiger partial charge < -0.3 is 72.5 Å². The molecule has 0 aromatic carbocycles. The second-order valence-corrected chi connectivity index (χ2v) is 28.7. The van der Waals surface area contributed by atoms with Crippen molar-refractivity contribution in [1.29, 1.82) is 0 Å². The maximum Gasteiger partial charge on any atom is 0.185 e. The van der Waals surface area contributed by atoms with Gasteiger partial charge in [0.2, 0.25) is 0 Å². The fourth-order valence-corrected chi connectivity index (χ4v) is 12.9. The molecule has 12 aromatic rings. The number of hydrogen-bond acceptors (Lipinski definition) is 24. The van der Waals surface area contributed by atoms with Gasteiger partial charge in [-0.25, -0.2) is 19.9 Å². The Morgan fingerprint density at radius 3 is 1.36 bits per heavy atom. The number of aliphatic hydroxyl groups excluding tert-OH is 4. The summed E-state index contributed by atoms with van der Waals surface area (Å²) in [5.41, 5.74) is 6.26. The fourth-order valence-electron chi connectivity index (χ4n) is 11.6. The van der Waals surface area contributed by atoms with Crippen molar-refractivity contribution in [2.45, 2.75) is 110 Å². The molecule has 102 heavy (non-hydrogen) atoms. The van der Waals surface area contributed by atoms with Crippen molar-refractivity contribution in [3.63, 3.8) is 0 Å². The van der Waals surface area contributed by atoms with E-state index in [1.165, 1.54) is 24.8 Å². The first-order valence-corrected chi connectivity index (χ1v) is 36.3. The third-order valence-electron chi connectivity index (χ3n) is 16.9. The van der Waals surface area contributed by atoms with Crippen LogP contribution in [0.4, 0.5) is 46.5 Å². The van der Waals surface area contributed by atoms with Crippen LogP contribution in [0.25, 0.3) is 22.6 Å². The predicted molar refractivity (Wildman–Crippen MR) is 405 cm³/mol. The zero-order valence-corrected chi connectivity index (χ0v) is 62.8. The van der Waals surface area contributed by atoms with Gasteiger partial charge in [-0.15, -0.1) is 0 Å². The summed E-state index contributed by atoms with van der Waals surface area (Å²) in [5.74, 6) is 6.47. The monoisotopic (exact) mass is 1640 g/mol. The molecular formula is C68H80Br4N24O6. The topological polar surface area (TPSA) is 360 Å². The Kier molecular flexibility index (Phi) is 25.2. The molecule has 0 radical (unpaired) electrons. The van der Waals surface area contributed by atoms with Gasteiger partial charge in [0.15, 0.2) is 47.4 Å². The lowest BCUT2D eigenvalue weighted by atomic mass is 10.1. The first-order chi connectivity index (χ1) is 49.4. The Balaban J connectivity index is 0.000000137. The van der Waals surface area contributed by atoms with Crippen molar-refractivity contribution in [1.82, 2.24) is 68.4 Å². The van der Waals surface area contributed by atoms with E-state index in [0.717, 1.165) is 135 Å². The van der Waals surface area contributed by atoms with E-state index in [4.69, 9.17) is 9.97 Å². The maximum absolute atomic E-state index is 11.4. The minimum absolute atomic E-state index is 0.00125. The molecule has 34 heteroatoms.